The lowest BCUT2D eigenvalue weighted by molar-refractivity contribution is -0.385. The van der Waals surface area contributed by atoms with Crippen molar-refractivity contribution in [2.24, 2.45) is 0 Å². The van der Waals surface area contributed by atoms with E-state index in [0.717, 1.165) is 16.4 Å². The number of rotatable bonds is 7. The summed E-state index contributed by atoms with van der Waals surface area (Å²) in [6.07, 6.45) is 1.15. The van der Waals surface area contributed by atoms with Crippen LogP contribution < -0.4 is 10.1 Å². The van der Waals surface area contributed by atoms with Crippen molar-refractivity contribution in [3.63, 3.8) is 0 Å². The predicted octanol–water partition coefficient (Wildman–Crippen LogP) is 3.75. The fraction of sp³-hybridized carbons (Fsp3) is 0.158. The summed E-state index contributed by atoms with van der Waals surface area (Å²) in [6.45, 7) is 2.99. The van der Waals surface area contributed by atoms with Gasteiger partial charge in [0.05, 0.1) is 21.6 Å². The summed E-state index contributed by atoms with van der Waals surface area (Å²) in [5, 5.41) is 28.6. The summed E-state index contributed by atoms with van der Waals surface area (Å²) in [7, 11) is 0. The molecule has 0 unspecified atom stereocenters. The van der Waals surface area contributed by atoms with E-state index in [-0.39, 0.29) is 35.1 Å². The van der Waals surface area contributed by atoms with Crippen LogP contribution in [-0.4, -0.2) is 25.5 Å². The zero-order valence-electron chi connectivity index (χ0n) is 16.1. The van der Waals surface area contributed by atoms with Crippen LogP contribution in [0.25, 0.3) is 0 Å². The third-order valence-corrected chi connectivity index (χ3v) is 4.13. The second-order valence-corrected chi connectivity index (χ2v) is 6.44. The average Bonchev–Trinajstić information content (AvgIpc) is 3.03. The normalized spacial score (nSPS) is 10.5. The van der Waals surface area contributed by atoms with E-state index >= 15 is 0 Å². The molecule has 1 heterocycles. The Balaban J connectivity index is 1.80. The first-order chi connectivity index (χ1) is 14.2. The van der Waals surface area contributed by atoms with Gasteiger partial charge in [0.15, 0.2) is 0 Å². The average molecular weight is 411 g/mol. The van der Waals surface area contributed by atoms with Gasteiger partial charge < -0.3 is 10.1 Å². The van der Waals surface area contributed by atoms with Gasteiger partial charge in [-0.15, -0.1) is 0 Å². The summed E-state index contributed by atoms with van der Waals surface area (Å²) >= 11 is 0. The van der Waals surface area contributed by atoms with Crippen LogP contribution in [0, 0.1) is 34.1 Å². The van der Waals surface area contributed by atoms with Crippen LogP contribution in [0.2, 0.25) is 0 Å². The number of hydrogen-bond donors (Lipinski definition) is 1. The topological polar surface area (TPSA) is 142 Å². The number of carbonyl (C=O) groups is 1. The third kappa shape index (κ3) is 4.76. The van der Waals surface area contributed by atoms with Crippen LogP contribution in [0.1, 0.15) is 11.3 Å². The molecule has 30 heavy (non-hydrogen) atoms. The number of amides is 1. The summed E-state index contributed by atoms with van der Waals surface area (Å²) in [5.74, 6) is 0.142. The minimum atomic E-state index is -0.597. The molecule has 3 aromatic rings. The molecule has 3 rings (SSSR count). The van der Waals surface area contributed by atoms with Gasteiger partial charge in [-0.25, -0.2) is 0 Å². The predicted molar refractivity (Wildman–Crippen MR) is 107 cm³/mol. The van der Waals surface area contributed by atoms with Crippen LogP contribution in [0.5, 0.6) is 11.5 Å². The molecular formula is C19H17N5O6. The molecule has 0 spiro atoms. The van der Waals surface area contributed by atoms with Crippen molar-refractivity contribution < 1.29 is 19.4 Å². The van der Waals surface area contributed by atoms with Gasteiger partial charge in [0.2, 0.25) is 5.91 Å². The van der Waals surface area contributed by atoms with Crippen molar-refractivity contribution in [3.8, 4) is 11.5 Å². The summed E-state index contributed by atoms with van der Waals surface area (Å²) < 4.78 is 6.87. The Morgan fingerprint density at radius 2 is 1.87 bits per heavy atom. The Morgan fingerprint density at radius 3 is 2.50 bits per heavy atom. The van der Waals surface area contributed by atoms with E-state index in [1.807, 2.05) is 19.1 Å². The van der Waals surface area contributed by atoms with Gasteiger partial charge >= 0.3 is 5.69 Å². The molecule has 1 N–H and O–H groups in total. The number of aryl methyl sites for hydroxylation is 2. The molecule has 0 aliphatic heterocycles. The maximum Gasteiger partial charge on any atom is 0.309 e. The van der Waals surface area contributed by atoms with Crippen molar-refractivity contribution in [3.05, 3.63) is 80.1 Å². The van der Waals surface area contributed by atoms with E-state index in [9.17, 15) is 25.0 Å². The molecule has 1 aromatic heterocycles. The smallest absolute Gasteiger partial charge is 0.309 e. The highest BCUT2D eigenvalue weighted by atomic mass is 16.6. The van der Waals surface area contributed by atoms with E-state index in [1.54, 1.807) is 12.1 Å². The highest BCUT2D eigenvalue weighted by molar-refractivity contribution is 5.91. The Kier molecular flexibility index (Phi) is 5.72. The molecule has 11 heteroatoms. The first-order valence-electron chi connectivity index (χ1n) is 8.74. The van der Waals surface area contributed by atoms with Crippen LogP contribution in [0.3, 0.4) is 0 Å². The summed E-state index contributed by atoms with van der Waals surface area (Å²) in [4.78, 5) is 33.3. The number of para-hydroxylation sites is 1. The first kappa shape index (κ1) is 20.5. The lowest BCUT2D eigenvalue weighted by atomic mass is 10.2. The maximum absolute atomic E-state index is 12.3. The highest BCUT2D eigenvalue weighted by Crippen LogP contribution is 2.31. The van der Waals surface area contributed by atoms with Crippen LogP contribution in [0.15, 0.2) is 48.7 Å². The number of nitro benzene ring substituents is 1. The number of ether oxygens (including phenoxy) is 1. The van der Waals surface area contributed by atoms with Crippen molar-refractivity contribution in [2.45, 2.75) is 20.4 Å². The molecule has 0 fully saturated rings. The van der Waals surface area contributed by atoms with Gasteiger partial charge in [-0.05, 0) is 25.5 Å². The monoisotopic (exact) mass is 411 g/mol. The number of nitro groups is 2. The molecule has 2 aromatic carbocycles. The number of aromatic nitrogens is 2. The second kappa shape index (κ2) is 8.39. The van der Waals surface area contributed by atoms with E-state index in [4.69, 9.17) is 4.74 Å². The zero-order chi connectivity index (χ0) is 21.8. The van der Waals surface area contributed by atoms with E-state index < -0.39 is 15.8 Å². The van der Waals surface area contributed by atoms with Gasteiger partial charge in [0, 0.05) is 12.1 Å². The van der Waals surface area contributed by atoms with Gasteiger partial charge in [0.1, 0.15) is 29.9 Å². The van der Waals surface area contributed by atoms with Gasteiger partial charge in [0.25, 0.3) is 5.69 Å². The summed E-state index contributed by atoms with van der Waals surface area (Å²) in [6, 6.07) is 11.1. The molecule has 1 amide bonds. The molecule has 11 nitrogen and oxygen atoms in total. The van der Waals surface area contributed by atoms with Crippen LogP contribution >= 0.6 is 0 Å². The van der Waals surface area contributed by atoms with Crippen LogP contribution in [-0.2, 0) is 11.3 Å². The van der Waals surface area contributed by atoms with E-state index in [2.05, 4.69) is 10.4 Å². The van der Waals surface area contributed by atoms with E-state index in [0.29, 0.717) is 5.75 Å². The quantitative estimate of drug-likeness (QED) is 0.461. The number of carbonyl (C=O) groups excluding carboxylic acids is 1. The van der Waals surface area contributed by atoms with Crippen molar-refractivity contribution >= 4 is 23.0 Å². The molecule has 0 aliphatic carbocycles. The van der Waals surface area contributed by atoms with Gasteiger partial charge in [-0.2, -0.15) is 5.10 Å². The SMILES string of the molecule is Cc1ccccc1Oc1cc(NC(=O)Cn2cc([N+](=O)[O-])c(C)n2)cc([N+](=O)[O-])c1. The number of nitrogens with one attached hydrogen (secondary N) is 1. The fourth-order valence-corrected chi connectivity index (χ4v) is 2.73. The minimum absolute atomic E-state index is 0.149. The summed E-state index contributed by atoms with van der Waals surface area (Å²) in [5.41, 5.74) is 0.701. The van der Waals surface area contributed by atoms with Gasteiger partial charge in [-0.3, -0.25) is 29.7 Å². The molecule has 0 saturated heterocycles. The molecule has 0 saturated carbocycles. The lowest BCUT2D eigenvalue weighted by Gasteiger charge is -2.11. The molecule has 0 aliphatic rings. The largest absolute Gasteiger partial charge is 0.457 e. The number of benzene rings is 2. The number of non-ortho nitro benzene ring substituents is 1. The zero-order valence-corrected chi connectivity index (χ0v) is 16.1. The Morgan fingerprint density at radius 1 is 1.13 bits per heavy atom. The van der Waals surface area contributed by atoms with Gasteiger partial charge in [-0.1, -0.05) is 18.2 Å². The molecule has 0 bridgehead atoms. The number of hydrogen-bond acceptors (Lipinski definition) is 7. The molecular weight excluding hydrogens is 394 g/mol. The highest BCUT2D eigenvalue weighted by Gasteiger charge is 2.18. The molecule has 0 radical (unpaired) electrons. The first-order valence-corrected chi connectivity index (χ1v) is 8.74. The Hall–Kier alpha value is -4.28. The Labute approximate surface area is 170 Å². The van der Waals surface area contributed by atoms with Crippen molar-refractivity contribution in [2.75, 3.05) is 5.32 Å². The third-order valence-electron chi connectivity index (χ3n) is 4.13. The number of anilines is 1. The minimum Gasteiger partial charge on any atom is -0.457 e. The van der Waals surface area contributed by atoms with Crippen molar-refractivity contribution in [1.82, 2.24) is 9.78 Å². The van der Waals surface area contributed by atoms with E-state index in [1.165, 1.54) is 25.1 Å². The fourth-order valence-electron chi connectivity index (χ4n) is 2.73. The molecule has 0 atom stereocenters. The Bertz CT molecular complexity index is 1140. The lowest BCUT2D eigenvalue weighted by Crippen LogP contribution is -2.19. The van der Waals surface area contributed by atoms with Crippen molar-refractivity contribution in [1.29, 1.82) is 0 Å². The van der Waals surface area contributed by atoms with Crippen LogP contribution in [0.4, 0.5) is 17.1 Å². The maximum atomic E-state index is 12.3. The second-order valence-electron chi connectivity index (χ2n) is 6.44. The standard InChI is InChI=1S/C19H17N5O6/c1-12-5-3-4-6-18(12)30-16-8-14(7-15(9-16)23(26)27)20-19(25)11-22-10-17(24(28)29)13(2)21-22/h3-10H,11H2,1-2H3,(H,20,25). The molecule has 154 valence electrons. The number of nitrogens with zero attached hydrogens (tertiary/aromatic N) is 4.